The molecule has 1 heterocycles. The van der Waals surface area contributed by atoms with Gasteiger partial charge in [0.25, 0.3) is 0 Å². The number of anilines is 1. The van der Waals surface area contributed by atoms with Crippen molar-refractivity contribution in [3.63, 3.8) is 0 Å². The fourth-order valence-corrected chi connectivity index (χ4v) is 4.04. The van der Waals surface area contributed by atoms with E-state index in [0.717, 1.165) is 12.1 Å². The minimum atomic E-state index is -4.85. The van der Waals surface area contributed by atoms with Crippen molar-refractivity contribution in [1.29, 1.82) is 0 Å². The maximum Gasteiger partial charge on any atom is 0.573 e. The molecule has 156 valence electrons. The molecule has 0 bridgehead atoms. The van der Waals surface area contributed by atoms with Gasteiger partial charge in [0, 0.05) is 0 Å². The van der Waals surface area contributed by atoms with E-state index in [1.165, 1.54) is 36.0 Å². The monoisotopic (exact) mass is 434 g/mol. The summed E-state index contributed by atoms with van der Waals surface area (Å²) in [6, 6.07) is 10.4. The molecular weight excluding hydrogens is 418 g/mol. The van der Waals surface area contributed by atoms with E-state index in [4.69, 9.17) is 0 Å². The van der Waals surface area contributed by atoms with Crippen molar-refractivity contribution in [2.45, 2.75) is 36.5 Å². The van der Waals surface area contributed by atoms with Gasteiger partial charge in [0.05, 0.1) is 16.5 Å². The Bertz CT molecular complexity index is 897. The Morgan fingerprint density at radius 1 is 1.03 bits per heavy atom. The number of thioether (sulfide) groups is 1. The molecule has 0 aromatic heterocycles. The summed E-state index contributed by atoms with van der Waals surface area (Å²) in [5.41, 5.74) is -0.323. The number of benzene rings is 2. The van der Waals surface area contributed by atoms with Gasteiger partial charge in [-0.3, -0.25) is 4.99 Å². The molecule has 29 heavy (non-hydrogen) atoms. The average molecular weight is 434 g/mol. The van der Waals surface area contributed by atoms with Crippen LogP contribution >= 0.6 is 11.8 Å². The van der Waals surface area contributed by atoms with Crippen molar-refractivity contribution in [3.05, 3.63) is 59.7 Å². The molecule has 0 amide bonds. The van der Waals surface area contributed by atoms with E-state index in [9.17, 15) is 26.3 Å². The topological polar surface area (TPSA) is 33.6 Å². The first kappa shape index (κ1) is 21.4. The van der Waals surface area contributed by atoms with Crippen molar-refractivity contribution in [2.24, 2.45) is 4.99 Å². The van der Waals surface area contributed by atoms with E-state index in [1.54, 1.807) is 12.1 Å². The third-order valence-electron chi connectivity index (χ3n) is 4.10. The van der Waals surface area contributed by atoms with Crippen LogP contribution in [-0.4, -0.2) is 17.4 Å². The predicted octanol–water partition coefficient (Wildman–Crippen LogP) is 6.64. The van der Waals surface area contributed by atoms with Gasteiger partial charge >= 0.3 is 12.5 Å². The van der Waals surface area contributed by atoms with E-state index >= 15 is 0 Å². The highest BCUT2D eigenvalue weighted by molar-refractivity contribution is 8.01. The Kier molecular flexibility index (Phi) is 6.02. The average Bonchev–Trinajstić information content (AvgIpc) is 3.04. The molecule has 3 rings (SSSR count). The molecule has 0 radical (unpaired) electrons. The van der Waals surface area contributed by atoms with Crippen LogP contribution in [-0.2, 0) is 6.18 Å². The minimum absolute atomic E-state index is 0.0762. The molecule has 0 aliphatic carbocycles. The molecule has 1 N–H and O–H groups in total. The Balaban J connectivity index is 1.87. The summed E-state index contributed by atoms with van der Waals surface area (Å²) in [5, 5.41) is 2.05. The van der Waals surface area contributed by atoms with Crippen LogP contribution in [0.3, 0.4) is 0 Å². The van der Waals surface area contributed by atoms with E-state index in [-0.39, 0.29) is 10.9 Å². The van der Waals surface area contributed by atoms with Crippen molar-refractivity contribution in [1.82, 2.24) is 0 Å². The first-order chi connectivity index (χ1) is 13.6. The number of rotatable bonds is 4. The van der Waals surface area contributed by atoms with E-state index in [2.05, 4.69) is 15.0 Å². The van der Waals surface area contributed by atoms with Crippen molar-refractivity contribution >= 4 is 23.3 Å². The van der Waals surface area contributed by atoms with Crippen LogP contribution in [0, 0.1) is 0 Å². The molecule has 2 aromatic rings. The van der Waals surface area contributed by atoms with Gasteiger partial charge in [-0.2, -0.15) is 13.2 Å². The lowest BCUT2D eigenvalue weighted by Gasteiger charge is -2.16. The molecule has 1 aliphatic rings. The first-order valence-electron chi connectivity index (χ1n) is 8.59. The molecule has 10 heteroatoms. The summed E-state index contributed by atoms with van der Waals surface area (Å²) >= 11 is 1.33. The molecular formula is C19H16F6N2OS. The van der Waals surface area contributed by atoms with Gasteiger partial charge in [0.2, 0.25) is 0 Å². The highest BCUT2D eigenvalue weighted by Gasteiger charge is 2.35. The van der Waals surface area contributed by atoms with Crippen LogP contribution in [0.25, 0.3) is 0 Å². The predicted molar refractivity (Wildman–Crippen MR) is 100 cm³/mol. The molecule has 2 aromatic carbocycles. The van der Waals surface area contributed by atoms with Gasteiger partial charge in [0.15, 0.2) is 5.75 Å². The zero-order chi connectivity index (χ0) is 21.2. The van der Waals surface area contributed by atoms with Crippen LogP contribution in [0.15, 0.2) is 53.5 Å². The fourth-order valence-electron chi connectivity index (χ4n) is 2.81. The van der Waals surface area contributed by atoms with Crippen LogP contribution in [0.1, 0.15) is 29.8 Å². The standard InChI is InChI=1S/C19H16F6N2OS/c1-2-15-16(26-13-8-3-4-9-14(13)28-19(23,24)25)27-17(29-15)11-6-5-7-12(10-11)18(20,21)22/h3-10,15,17H,2H2,1H3,(H,26,27). The van der Waals surface area contributed by atoms with Gasteiger partial charge in [-0.15, -0.1) is 24.9 Å². The molecule has 1 aliphatic heterocycles. The molecule has 0 fully saturated rings. The normalized spacial score (nSPS) is 19.8. The zero-order valence-corrected chi connectivity index (χ0v) is 15.8. The number of halogens is 6. The van der Waals surface area contributed by atoms with Crippen molar-refractivity contribution in [2.75, 3.05) is 5.32 Å². The third-order valence-corrected chi connectivity index (χ3v) is 5.62. The number of amidine groups is 1. The maximum atomic E-state index is 13.0. The summed E-state index contributed by atoms with van der Waals surface area (Å²) in [7, 11) is 0. The van der Waals surface area contributed by atoms with Gasteiger partial charge in [0.1, 0.15) is 11.2 Å². The summed E-state index contributed by atoms with van der Waals surface area (Å²) in [5.74, 6) is -0.0248. The number of hydrogen-bond acceptors (Lipinski definition) is 4. The number of hydrogen-bond donors (Lipinski definition) is 1. The molecule has 2 atom stereocenters. The smallest absolute Gasteiger partial charge is 0.404 e. The van der Waals surface area contributed by atoms with Crippen LogP contribution in [0.5, 0.6) is 5.75 Å². The number of nitrogens with one attached hydrogen (secondary N) is 1. The van der Waals surface area contributed by atoms with Gasteiger partial charge in [-0.1, -0.05) is 31.2 Å². The largest absolute Gasteiger partial charge is 0.573 e. The maximum absolute atomic E-state index is 13.0. The van der Waals surface area contributed by atoms with Gasteiger partial charge in [-0.25, -0.2) is 0 Å². The summed E-state index contributed by atoms with van der Waals surface area (Å²) in [4.78, 5) is 4.43. The van der Waals surface area contributed by atoms with Crippen molar-refractivity contribution < 1.29 is 31.1 Å². The van der Waals surface area contributed by atoms with Crippen LogP contribution in [0.4, 0.5) is 32.0 Å². The van der Waals surface area contributed by atoms with Gasteiger partial charge < -0.3 is 10.1 Å². The third kappa shape index (κ3) is 5.37. The number of ether oxygens (including phenoxy) is 1. The SMILES string of the molecule is CCC1SC(c2cccc(C(F)(F)F)c2)N=C1Nc1ccccc1OC(F)(F)F. The first-order valence-corrected chi connectivity index (χ1v) is 9.53. The van der Waals surface area contributed by atoms with E-state index in [1.807, 2.05) is 6.92 Å². The lowest BCUT2D eigenvalue weighted by Crippen LogP contribution is -2.23. The quantitative estimate of drug-likeness (QED) is 0.548. The minimum Gasteiger partial charge on any atom is -0.404 e. The number of alkyl halides is 6. The number of para-hydroxylation sites is 2. The lowest BCUT2D eigenvalue weighted by atomic mass is 10.1. The number of aliphatic imine (C=N–C) groups is 1. The Hall–Kier alpha value is -2.36. The van der Waals surface area contributed by atoms with E-state index in [0.29, 0.717) is 17.8 Å². The molecule has 3 nitrogen and oxygen atoms in total. The molecule has 2 unspecified atom stereocenters. The molecule has 0 saturated carbocycles. The summed E-state index contributed by atoms with van der Waals surface area (Å²) in [6.07, 6.45) is -8.73. The Morgan fingerprint density at radius 2 is 1.76 bits per heavy atom. The highest BCUT2D eigenvalue weighted by atomic mass is 32.2. The van der Waals surface area contributed by atoms with Gasteiger partial charge in [-0.05, 0) is 36.2 Å². The lowest BCUT2D eigenvalue weighted by molar-refractivity contribution is -0.274. The zero-order valence-electron chi connectivity index (χ0n) is 15.0. The Labute approximate surface area is 167 Å². The van der Waals surface area contributed by atoms with E-state index < -0.39 is 29.2 Å². The van der Waals surface area contributed by atoms with Crippen molar-refractivity contribution in [3.8, 4) is 5.75 Å². The van der Waals surface area contributed by atoms with Crippen LogP contribution < -0.4 is 10.1 Å². The molecule has 0 spiro atoms. The number of nitrogens with zero attached hydrogens (tertiary/aromatic N) is 1. The molecule has 0 saturated heterocycles. The second-order valence-electron chi connectivity index (χ2n) is 6.19. The van der Waals surface area contributed by atoms with Crippen LogP contribution in [0.2, 0.25) is 0 Å². The summed E-state index contributed by atoms with van der Waals surface area (Å²) < 4.78 is 80.8. The fraction of sp³-hybridized carbons (Fsp3) is 0.316. The summed E-state index contributed by atoms with van der Waals surface area (Å²) in [6.45, 7) is 1.86. The Morgan fingerprint density at radius 3 is 2.41 bits per heavy atom. The highest BCUT2D eigenvalue weighted by Crippen LogP contribution is 2.43. The second kappa shape index (κ2) is 8.17. The second-order valence-corrected chi connectivity index (χ2v) is 7.48.